The highest BCUT2D eigenvalue weighted by Crippen LogP contribution is 2.25. The molecule has 118 valence electrons. The summed E-state index contributed by atoms with van der Waals surface area (Å²) < 4.78 is 31.7. The molecule has 1 aromatic carbocycles. The normalized spacial score (nSPS) is 11.5. The molecule has 0 saturated heterocycles. The van der Waals surface area contributed by atoms with Crippen LogP contribution in [0.25, 0.3) is 0 Å². The zero-order valence-electron chi connectivity index (χ0n) is 11.7. The van der Waals surface area contributed by atoms with Crippen molar-refractivity contribution in [1.82, 2.24) is 4.72 Å². The number of nitro groups is 1. The van der Waals surface area contributed by atoms with Crippen LogP contribution in [0, 0.1) is 10.1 Å². The zero-order valence-corrected chi connectivity index (χ0v) is 12.6. The predicted octanol–water partition coefficient (Wildman–Crippen LogP) is 1.27. The summed E-state index contributed by atoms with van der Waals surface area (Å²) in [5.41, 5.74) is 5.04. The summed E-state index contributed by atoms with van der Waals surface area (Å²) in [6.07, 6.45) is 1.38. The summed E-state index contributed by atoms with van der Waals surface area (Å²) in [4.78, 5) is 9.75. The van der Waals surface area contributed by atoms with Crippen molar-refractivity contribution in [3.63, 3.8) is 0 Å². The van der Waals surface area contributed by atoms with Gasteiger partial charge < -0.3 is 10.5 Å². The minimum atomic E-state index is -3.95. The van der Waals surface area contributed by atoms with Crippen molar-refractivity contribution in [2.75, 3.05) is 25.5 Å². The average Bonchev–Trinajstić information content (AvgIpc) is 2.42. The Morgan fingerprint density at radius 1 is 1.38 bits per heavy atom. The molecule has 0 aliphatic heterocycles. The second-order valence-electron chi connectivity index (χ2n) is 4.35. The minimum Gasteiger partial charge on any atom is -0.399 e. The third kappa shape index (κ3) is 5.29. The number of nitrogens with two attached hydrogens (primary N) is 1. The van der Waals surface area contributed by atoms with E-state index in [0.29, 0.717) is 19.6 Å². The monoisotopic (exact) mass is 317 g/mol. The Morgan fingerprint density at radius 2 is 2.10 bits per heavy atom. The molecule has 0 unspecified atom stereocenters. The molecule has 3 N–H and O–H groups in total. The van der Waals surface area contributed by atoms with Gasteiger partial charge in [-0.25, -0.2) is 13.1 Å². The highest BCUT2D eigenvalue weighted by atomic mass is 32.2. The van der Waals surface area contributed by atoms with E-state index in [9.17, 15) is 18.5 Å². The van der Waals surface area contributed by atoms with Crippen LogP contribution in [0.5, 0.6) is 0 Å². The van der Waals surface area contributed by atoms with Gasteiger partial charge in [0.25, 0.3) is 5.69 Å². The van der Waals surface area contributed by atoms with Crippen molar-refractivity contribution in [1.29, 1.82) is 0 Å². The molecule has 0 radical (unpaired) electrons. The number of nitrogen functional groups attached to an aromatic ring is 1. The lowest BCUT2D eigenvalue weighted by Gasteiger charge is -2.08. The SMILES string of the molecule is CCCOCCCNS(=O)(=O)c1ccc(N)cc1[N+](=O)[O-]. The highest BCUT2D eigenvalue weighted by molar-refractivity contribution is 7.89. The molecule has 0 atom stereocenters. The van der Waals surface area contributed by atoms with Crippen LogP contribution < -0.4 is 10.5 Å². The fourth-order valence-electron chi connectivity index (χ4n) is 1.61. The molecule has 0 fully saturated rings. The molecule has 0 aliphatic rings. The lowest BCUT2D eigenvalue weighted by molar-refractivity contribution is -0.387. The van der Waals surface area contributed by atoms with Gasteiger partial charge in [0.1, 0.15) is 0 Å². The average molecular weight is 317 g/mol. The predicted molar refractivity (Wildman–Crippen MR) is 78.4 cm³/mol. The molecule has 1 rings (SSSR count). The van der Waals surface area contributed by atoms with Crippen molar-refractivity contribution in [2.24, 2.45) is 0 Å². The summed E-state index contributed by atoms with van der Waals surface area (Å²) in [7, 11) is -3.95. The van der Waals surface area contributed by atoms with Gasteiger partial charge in [-0.15, -0.1) is 0 Å². The van der Waals surface area contributed by atoms with Crippen molar-refractivity contribution < 1.29 is 18.1 Å². The van der Waals surface area contributed by atoms with Crippen LogP contribution >= 0.6 is 0 Å². The fraction of sp³-hybridized carbons (Fsp3) is 0.500. The van der Waals surface area contributed by atoms with E-state index in [1.54, 1.807) is 0 Å². The van der Waals surface area contributed by atoms with Gasteiger partial charge >= 0.3 is 0 Å². The number of benzene rings is 1. The number of anilines is 1. The fourth-order valence-corrected chi connectivity index (χ4v) is 2.83. The van der Waals surface area contributed by atoms with Crippen LogP contribution in [-0.4, -0.2) is 33.1 Å². The Hall–Kier alpha value is -1.71. The van der Waals surface area contributed by atoms with E-state index in [-0.39, 0.29) is 12.2 Å². The number of ether oxygens (including phenoxy) is 1. The second-order valence-corrected chi connectivity index (χ2v) is 6.08. The first kappa shape index (κ1) is 17.3. The number of nitro benzene ring substituents is 1. The third-order valence-electron chi connectivity index (χ3n) is 2.58. The number of hydrogen-bond acceptors (Lipinski definition) is 6. The van der Waals surface area contributed by atoms with Gasteiger partial charge in [-0.1, -0.05) is 6.92 Å². The molecule has 0 bridgehead atoms. The third-order valence-corrected chi connectivity index (χ3v) is 4.08. The summed E-state index contributed by atoms with van der Waals surface area (Å²) >= 11 is 0. The highest BCUT2D eigenvalue weighted by Gasteiger charge is 2.25. The van der Waals surface area contributed by atoms with Crippen LogP contribution in [0.15, 0.2) is 23.1 Å². The summed E-state index contributed by atoms with van der Waals surface area (Å²) in [5, 5.41) is 10.9. The van der Waals surface area contributed by atoms with E-state index in [0.717, 1.165) is 18.6 Å². The van der Waals surface area contributed by atoms with Crippen LogP contribution in [-0.2, 0) is 14.8 Å². The van der Waals surface area contributed by atoms with Crippen LogP contribution in [0.1, 0.15) is 19.8 Å². The molecule has 1 aromatic rings. The molecule has 0 amide bonds. The lowest BCUT2D eigenvalue weighted by Crippen LogP contribution is -2.26. The van der Waals surface area contributed by atoms with Gasteiger partial charge in [0.15, 0.2) is 4.90 Å². The van der Waals surface area contributed by atoms with Crippen molar-refractivity contribution in [3.8, 4) is 0 Å². The van der Waals surface area contributed by atoms with E-state index < -0.39 is 25.5 Å². The number of sulfonamides is 1. The topological polar surface area (TPSA) is 125 Å². The molecule has 8 nitrogen and oxygen atoms in total. The molecular formula is C12H19N3O5S. The maximum Gasteiger partial charge on any atom is 0.291 e. The number of hydrogen-bond donors (Lipinski definition) is 2. The Labute approximate surface area is 123 Å². The van der Waals surface area contributed by atoms with Crippen LogP contribution in [0.3, 0.4) is 0 Å². The summed E-state index contributed by atoms with van der Waals surface area (Å²) in [5.74, 6) is 0. The summed E-state index contributed by atoms with van der Waals surface area (Å²) in [6.45, 7) is 3.17. The molecule has 0 saturated carbocycles. The molecule has 21 heavy (non-hydrogen) atoms. The first-order chi connectivity index (χ1) is 9.88. The van der Waals surface area contributed by atoms with Crippen LogP contribution in [0.4, 0.5) is 11.4 Å². The zero-order chi connectivity index (χ0) is 15.9. The Morgan fingerprint density at radius 3 is 2.71 bits per heavy atom. The maximum absolute atomic E-state index is 12.1. The van der Waals surface area contributed by atoms with Crippen molar-refractivity contribution >= 4 is 21.4 Å². The van der Waals surface area contributed by atoms with Crippen molar-refractivity contribution in [3.05, 3.63) is 28.3 Å². The first-order valence-corrected chi connectivity index (χ1v) is 7.98. The standard InChI is InChI=1S/C12H19N3O5S/c1-2-7-20-8-3-6-14-21(18,19)12-5-4-10(13)9-11(12)15(16)17/h4-5,9,14H,2-3,6-8,13H2,1H3. The van der Waals surface area contributed by atoms with Gasteiger partial charge in [0, 0.05) is 31.5 Å². The van der Waals surface area contributed by atoms with Gasteiger partial charge in [0.2, 0.25) is 10.0 Å². The number of rotatable bonds is 9. The Kier molecular flexibility index (Phi) is 6.53. The smallest absolute Gasteiger partial charge is 0.291 e. The van der Waals surface area contributed by atoms with E-state index in [4.69, 9.17) is 10.5 Å². The van der Waals surface area contributed by atoms with Crippen molar-refractivity contribution in [2.45, 2.75) is 24.7 Å². The maximum atomic E-state index is 12.1. The minimum absolute atomic E-state index is 0.133. The van der Waals surface area contributed by atoms with E-state index in [1.807, 2.05) is 6.92 Å². The lowest BCUT2D eigenvalue weighted by atomic mass is 10.3. The first-order valence-electron chi connectivity index (χ1n) is 6.50. The molecular weight excluding hydrogens is 298 g/mol. The molecule has 0 aliphatic carbocycles. The van der Waals surface area contributed by atoms with Gasteiger partial charge in [0.05, 0.1) is 4.92 Å². The van der Waals surface area contributed by atoms with Gasteiger partial charge in [-0.05, 0) is 25.0 Å². The summed E-state index contributed by atoms with van der Waals surface area (Å²) in [6, 6.07) is 3.47. The van der Waals surface area contributed by atoms with E-state index in [2.05, 4.69) is 4.72 Å². The van der Waals surface area contributed by atoms with Gasteiger partial charge in [-0.3, -0.25) is 10.1 Å². The molecule has 9 heteroatoms. The second kappa shape index (κ2) is 7.91. The molecule has 0 heterocycles. The largest absolute Gasteiger partial charge is 0.399 e. The molecule has 0 aromatic heterocycles. The number of nitrogens with zero attached hydrogens (tertiary/aromatic N) is 1. The Bertz CT molecular complexity index is 589. The van der Waals surface area contributed by atoms with Crippen LogP contribution in [0.2, 0.25) is 0 Å². The Balaban J connectivity index is 2.72. The van der Waals surface area contributed by atoms with E-state index >= 15 is 0 Å². The number of nitrogens with one attached hydrogen (secondary N) is 1. The molecule has 0 spiro atoms. The van der Waals surface area contributed by atoms with Gasteiger partial charge in [-0.2, -0.15) is 0 Å². The van der Waals surface area contributed by atoms with E-state index in [1.165, 1.54) is 6.07 Å². The quantitative estimate of drug-likeness (QED) is 0.306.